The number of benzene rings is 1. The Morgan fingerprint density at radius 2 is 2.14 bits per heavy atom. The highest BCUT2D eigenvalue weighted by atomic mass is 14.6. The molecule has 1 aromatic carbocycles. The van der Waals surface area contributed by atoms with Crippen molar-refractivity contribution >= 4 is 0 Å². The Labute approximate surface area is 86.3 Å². The number of hydrogen-bond acceptors (Lipinski definition) is 1. The van der Waals surface area contributed by atoms with Crippen LogP contribution in [0.5, 0.6) is 0 Å². The van der Waals surface area contributed by atoms with Crippen LogP contribution in [0.3, 0.4) is 0 Å². The van der Waals surface area contributed by atoms with Crippen LogP contribution in [0.2, 0.25) is 0 Å². The van der Waals surface area contributed by atoms with Gasteiger partial charge in [-0.15, -0.1) is 12.3 Å². The molecule has 1 rings (SSSR count). The third-order valence-electron chi connectivity index (χ3n) is 2.37. The van der Waals surface area contributed by atoms with Crippen molar-refractivity contribution in [2.45, 2.75) is 32.7 Å². The lowest BCUT2D eigenvalue weighted by molar-refractivity contribution is 0.686. The van der Waals surface area contributed by atoms with Gasteiger partial charge in [-0.3, -0.25) is 0 Å². The molecule has 2 N–H and O–H groups in total. The van der Waals surface area contributed by atoms with Gasteiger partial charge in [0.15, 0.2) is 0 Å². The third kappa shape index (κ3) is 2.90. The second kappa shape index (κ2) is 4.83. The zero-order valence-electron chi connectivity index (χ0n) is 8.88. The maximum Gasteiger partial charge on any atom is 0.0241 e. The van der Waals surface area contributed by atoms with Gasteiger partial charge in [0.2, 0.25) is 0 Å². The van der Waals surface area contributed by atoms with Gasteiger partial charge in [0.05, 0.1) is 0 Å². The van der Waals surface area contributed by atoms with Crippen LogP contribution in [0.4, 0.5) is 0 Å². The van der Waals surface area contributed by atoms with E-state index >= 15 is 0 Å². The summed E-state index contributed by atoms with van der Waals surface area (Å²) >= 11 is 0. The molecule has 0 spiro atoms. The molecule has 0 aliphatic rings. The summed E-state index contributed by atoms with van der Waals surface area (Å²) in [5, 5.41) is 0. The average Bonchev–Trinajstić information content (AvgIpc) is 2.12. The van der Waals surface area contributed by atoms with Gasteiger partial charge < -0.3 is 5.73 Å². The van der Waals surface area contributed by atoms with Gasteiger partial charge in [-0.1, -0.05) is 23.8 Å². The molecule has 0 radical (unpaired) electrons. The van der Waals surface area contributed by atoms with Crippen LogP contribution in [0.15, 0.2) is 18.2 Å². The van der Waals surface area contributed by atoms with Gasteiger partial charge in [0.1, 0.15) is 0 Å². The topological polar surface area (TPSA) is 26.0 Å². The Hall–Kier alpha value is -1.26. The summed E-state index contributed by atoms with van der Waals surface area (Å²) in [6.07, 6.45) is 6.74. The number of rotatable bonds is 3. The van der Waals surface area contributed by atoms with Crippen molar-refractivity contribution in [3.05, 3.63) is 34.9 Å². The number of nitrogens with two attached hydrogens (primary N) is 1. The standard InChI is InChI=1S/C13H17N/c1-4-5-13(14)9-12-8-10(2)6-7-11(12)3/h1,6-8,13H,5,9,14H2,2-3H3. The average molecular weight is 187 g/mol. The van der Waals surface area contributed by atoms with Crippen molar-refractivity contribution in [1.82, 2.24) is 0 Å². The molecule has 1 atom stereocenters. The van der Waals surface area contributed by atoms with Crippen LogP contribution < -0.4 is 5.73 Å². The highest BCUT2D eigenvalue weighted by Gasteiger charge is 2.04. The zero-order chi connectivity index (χ0) is 10.6. The van der Waals surface area contributed by atoms with E-state index in [1.807, 2.05) is 0 Å². The fourth-order valence-electron chi connectivity index (χ4n) is 1.53. The molecular formula is C13H17N. The Kier molecular flexibility index (Phi) is 3.73. The molecule has 0 aliphatic carbocycles. The van der Waals surface area contributed by atoms with Crippen molar-refractivity contribution in [2.24, 2.45) is 5.73 Å². The minimum Gasteiger partial charge on any atom is -0.327 e. The van der Waals surface area contributed by atoms with Crippen LogP contribution >= 0.6 is 0 Å². The monoisotopic (exact) mass is 187 g/mol. The van der Waals surface area contributed by atoms with Gasteiger partial charge in [0, 0.05) is 12.5 Å². The Balaban J connectivity index is 2.76. The lowest BCUT2D eigenvalue weighted by Gasteiger charge is -2.11. The van der Waals surface area contributed by atoms with E-state index in [1.54, 1.807) is 0 Å². The molecule has 0 fully saturated rings. The molecule has 0 heterocycles. The van der Waals surface area contributed by atoms with Crippen LogP contribution in [0.25, 0.3) is 0 Å². The molecule has 1 aromatic rings. The minimum atomic E-state index is 0.0838. The molecule has 1 unspecified atom stereocenters. The Bertz CT molecular complexity index is 347. The zero-order valence-corrected chi connectivity index (χ0v) is 8.88. The molecule has 0 saturated heterocycles. The second-order valence-electron chi connectivity index (χ2n) is 3.80. The van der Waals surface area contributed by atoms with Crippen LogP contribution in [0, 0.1) is 26.2 Å². The molecule has 14 heavy (non-hydrogen) atoms. The minimum absolute atomic E-state index is 0.0838. The SMILES string of the molecule is C#CCC(N)Cc1cc(C)ccc1C. The summed E-state index contributed by atoms with van der Waals surface area (Å²) in [7, 11) is 0. The first-order chi connectivity index (χ1) is 6.63. The lowest BCUT2D eigenvalue weighted by atomic mass is 9.98. The summed E-state index contributed by atoms with van der Waals surface area (Å²) in [6, 6.07) is 6.52. The van der Waals surface area contributed by atoms with Crippen molar-refractivity contribution in [3.63, 3.8) is 0 Å². The molecule has 0 saturated carbocycles. The number of aryl methyl sites for hydroxylation is 2. The van der Waals surface area contributed by atoms with Gasteiger partial charge in [0.25, 0.3) is 0 Å². The van der Waals surface area contributed by atoms with Gasteiger partial charge >= 0.3 is 0 Å². The predicted octanol–water partition coefficient (Wildman–Crippen LogP) is 2.20. The Morgan fingerprint density at radius 3 is 2.79 bits per heavy atom. The van der Waals surface area contributed by atoms with Crippen molar-refractivity contribution < 1.29 is 0 Å². The molecule has 74 valence electrons. The van der Waals surface area contributed by atoms with Crippen LogP contribution in [0.1, 0.15) is 23.1 Å². The van der Waals surface area contributed by atoms with E-state index in [4.69, 9.17) is 12.2 Å². The van der Waals surface area contributed by atoms with Gasteiger partial charge in [-0.05, 0) is 31.4 Å². The Morgan fingerprint density at radius 1 is 1.43 bits per heavy atom. The molecule has 0 bridgehead atoms. The van der Waals surface area contributed by atoms with Crippen molar-refractivity contribution in [1.29, 1.82) is 0 Å². The molecule has 1 nitrogen and oxygen atoms in total. The highest BCUT2D eigenvalue weighted by molar-refractivity contribution is 5.31. The van der Waals surface area contributed by atoms with Crippen LogP contribution in [-0.4, -0.2) is 6.04 Å². The van der Waals surface area contributed by atoms with E-state index in [0.717, 1.165) is 6.42 Å². The van der Waals surface area contributed by atoms with Crippen molar-refractivity contribution in [3.8, 4) is 12.3 Å². The van der Waals surface area contributed by atoms with E-state index in [1.165, 1.54) is 16.7 Å². The maximum atomic E-state index is 5.89. The van der Waals surface area contributed by atoms with Gasteiger partial charge in [-0.2, -0.15) is 0 Å². The van der Waals surface area contributed by atoms with E-state index in [2.05, 4.69) is 38.0 Å². The quantitative estimate of drug-likeness (QED) is 0.721. The summed E-state index contributed by atoms with van der Waals surface area (Å²) < 4.78 is 0. The van der Waals surface area contributed by atoms with E-state index in [0.29, 0.717) is 6.42 Å². The normalized spacial score (nSPS) is 12.1. The lowest BCUT2D eigenvalue weighted by Crippen LogP contribution is -2.22. The fraction of sp³-hybridized carbons (Fsp3) is 0.385. The third-order valence-corrected chi connectivity index (χ3v) is 2.37. The van der Waals surface area contributed by atoms with E-state index < -0.39 is 0 Å². The maximum absolute atomic E-state index is 5.89. The molecule has 0 aromatic heterocycles. The molecule has 1 heteroatoms. The van der Waals surface area contributed by atoms with Crippen molar-refractivity contribution in [2.75, 3.05) is 0 Å². The molecular weight excluding hydrogens is 170 g/mol. The summed E-state index contributed by atoms with van der Waals surface area (Å²) in [6.45, 7) is 4.20. The second-order valence-corrected chi connectivity index (χ2v) is 3.80. The number of terminal acetylenes is 1. The molecule has 0 aliphatic heterocycles. The first kappa shape index (κ1) is 10.8. The largest absolute Gasteiger partial charge is 0.327 e. The number of hydrogen-bond donors (Lipinski definition) is 1. The van der Waals surface area contributed by atoms with Crippen LogP contribution in [-0.2, 0) is 6.42 Å². The van der Waals surface area contributed by atoms with Gasteiger partial charge in [-0.25, -0.2) is 0 Å². The molecule has 0 amide bonds. The summed E-state index contributed by atoms with van der Waals surface area (Å²) in [5.74, 6) is 2.60. The highest BCUT2D eigenvalue weighted by Crippen LogP contribution is 2.12. The fourth-order valence-corrected chi connectivity index (χ4v) is 1.53. The first-order valence-corrected chi connectivity index (χ1v) is 4.88. The smallest absolute Gasteiger partial charge is 0.0241 e. The summed E-state index contributed by atoms with van der Waals surface area (Å²) in [5.41, 5.74) is 9.78. The first-order valence-electron chi connectivity index (χ1n) is 4.88. The van der Waals surface area contributed by atoms with E-state index in [-0.39, 0.29) is 6.04 Å². The predicted molar refractivity (Wildman–Crippen MR) is 61.0 cm³/mol. The van der Waals surface area contributed by atoms with E-state index in [9.17, 15) is 0 Å². The summed E-state index contributed by atoms with van der Waals surface area (Å²) in [4.78, 5) is 0.